The van der Waals surface area contributed by atoms with E-state index in [9.17, 15) is 14.4 Å². The molecule has 0 heterocycles. The molecule has 1 unspecified atom stereocenters. The minimum Gasteiger partial charge on any atom is -0.480 e. The number of primary amides is 1. The van der Waals surface area contributed by atoms with Crippen molar-refractivity contribution < 1.29 is 19.5 Å². The summed E-state index contributed by atoms with van der Waals surface area (Å²) < 4.78 is 0. The number of aliphatic carboxylic acids is 1. The van der Waals surface area contributed by atoms with E-state index in [0.717, 1.165) is 0 Å². The summed E-state index contributed by atoms with van der Waals surface area (Å²) in [5, 5.41) is 11.1. The zero-order valence-corrected chi connectivity index (χ0v) is 11.0. The van der Waals surface area contributed by atoms with Gasteiger partial charge in [-0.1, -0.05) is 13.8 Å². The van der Waals surface area contributed by atoms with Crippen LogP contribution in [0.5, 0.6) is 0 Å². The van der Waals surface area contributed by atoms with Crippen LogP contribution in [0.25, 0.3) is 0 Å². The average Bonchev–Trinajstić information content (AvgIpc) is 2.25. The third-order valence-electron chi connectivity index (χ3n) is 2.14. The molecule has 4 N–H and O–H groups in total. The van der Waals surface area contributed by atoms with Crippen LogP contribution in [0.4, 0.5) is 4.79 Å². The average molecular weight is 269 g/mol. The van der Waals surface area contributed by atoms with Gasteiger partial charge in [-0.25, -0.2) is 9.59 Å². The van der Waals surface area contributed by atoms with Gasteiger partial charge in [0.15, 0.2) is 0 Å². The van der Waals surface area contributed by atoms with Crippen molar-refractivity contribution in [3.05, 3.63) is 0 Å². The van der Waals surface area contributed by atoms with Gasteiger partial charge in [0.1, 0.15) is 12.6 Å². The molecule has 0 spiro atoms. The van der Waals surface area contributed by atoms with Gasteiger partial charge in [-0.15, -0.1) is 12.3 Å². The van der Waals surface area contributed by atoms with Gasteiger partial charge in [-0.3, -0.25) is 4.79 Å². The summed E-state index contributed by atoms with van der Waals surface area (Å²) in [7, 11) is 0. The number of rotatable bonds is 7. The van der Waals surface area contributed by atoms with Gasteiger partial charge in [0.2, 0.25) is 5.91 Å². The molecule has 0 aliphatic heterocycles. The number of terminal acetylenes is 1. The Morgan fingerprint density at radius 2 is 2.00 bits per heavy atom. The van der Waals surface area contributed by atoms with Crippen LogP contribution in [0.2, 0.25) is 0 Å². The first-order chi connectivity index (χ1) is 8.77. The topological polar surface area (TPSA) is 113 Å². The largest absolute Gasteiger partial charge is 0.480 e. The number of nitrogens with two attached hydrogens (primary N) is 1. The van der Waals surface area contributed by atoms with Crippen LogP contribution in [0.3, 0.4) is 0 Å². The van der Waals surface area contributed by atoms with Crippen molar-refractivity contribution in [1.82, 2.24) is 10.2 Å². The SMILES string of the molecule is C#CCC(NC(=O)N(CC(N)=O)CC(C)C)C(=O)O. The first-order valence-electron chi connectivity index (χ1n) is 5.78. The van der Waals surface area contributed by atoms with E-state index in [1.54, 1.807) is 0 Å². The van der Waals surface area contributed by atoms with Crippen molar-refractivity contribution in [2.24, 2.45) is 11.7 Å². The lowest BCUT2D eigenvalue weighted by Crippen LogP contribution is -2.51. The fourth-order valence-electron chi connectivity index (χ4n) is 1.41. The highest BCUT2D eigenvalue weighted by atomic mass is 16.4. The molecule has 0 saturated heterocycles. The summed E-state index contributed by atoms with van der Waals surface area (Å²) in [6.07, 6.45) is 4.90. The van der Waals surface area contributed by atoms with Crippen LogP contribution in [-0.2, 0) is 9.59 Å². The van der Waals surface area contributed by atoms with Crippen LogP contribution in [-0.4, -0.2) is 47.0 Å². The number of hydrogen-bond acceptors (Lipinski definition) is 3. The van der Waals surface area contributed by atoms with Crippen molar-refractivity contribution in [3.8, 4) is 12.3 Å². The number of nitrogens with zero attached hydrogens (tertiary/aromatic N) is 1. The summed E-state index contributed by atoms with van der Waals surface area (Å²) in [4.78, 5) is 34.8. The number of hydrogen-bond donors (Lipinski definition) is 3. The lowest BCUT2D eigenvalue weighted by Gasteiger charge is -2.25. The number of carboxylic acid groups (broad SMARTS) is 1. The first-order valence-corrected chi connectivity index (χ1v) is 5.78. The molecule has 0 aromatic heterocycles. The molecule has 0 aliphatic carbocycles. The maximum atomic E-state index is 11.9. The molecule has 7 heteroatoms. The molecule has 0 saturated carbocycles. The van der Waals surface area contributed by atoms with Crippen LogP contribution in [0.1, 0.15) is 20.3 Å². The van der Waals surface area contributed by atoms with Gasteiger partial charge in [0.05, 0.1) is 0 Å². The summed E-state index contributed by atoms with van der Waals surface area (Å²) in [6.45, 7) is 3.73. The second-order valence-electron chi connectivity index (χ2n) is 4.49. The summed E-state index contributed by atoms with van der Waals surface area (Å²) in [5.74, 6) is 0.387. The molecule has 0 aliphatic rings. The Bertz CT molecular complexity index is 387. The number of carbonyl (C=O) groups excluding carboxylic acids is 2. The van der Waals surface area contributed by atoms with E-state index in [0.29, 0.717) is 0 Å². The van der Waals surface area contributed by atoms with E-state index in [-0.39, 0.29) is 25.4 Å². The van der Waals surface area contributed by atoms with Gasteiger partial charge in [-0.05, 0) is 5.92 Å². The van der Waals surface area contributed by atoms with Crippen LogP contribution in [0, 0.1) is 18.3 Å². The molecule has 0 rings (SSSR count). The summed E-state index contributed by atoms with van der Waals surface area (Å²) >= 11 is 0. The van der Waals surface area contributed by atoms with E-state index in [4.69, 9.17) is 17.3 Å². The smallest absolute Gasteiger partial charge is 0.327 e. The van der Waals surface area contributed by atoms with E-state index in [2.05, 4.69) is 11.2 Å². The molecule has 0 fully saturated rings. The van der Waals surface area contributed by atoms with Gasteiger partial charge >= 0.3 is 12.0 Å². The Morgan fingerprint density at radius 1 is 1.42 bits per heavy atom. The normalized spacial score (nSPS) is 11.5. The van der Waals surface area contributed by atoms with Crippen molar-refractivity contribution in [1.29, 1.82) is 0 Å². The lowest BCUT2D eigenvalue weighted by atomic mass is 10.2. The molecule has 0 aromatic carbocycles. The molecule has 0 aromatic rings. The van der Waals surface area contributed by atoms with E-state index in [1.807, 2.05) is 13.8 Å². The number of carboxylic acids is 1. The van der Waals surface area contributed by atoms with Crippen molar-refractivity contribution in [2.75, 3.05) is 13.1 Å². The van der Waals surface area contributed by atoms with E-state index >= 15 is 0 Å². The van der Waals surface area contributed by atoms with Crippen molar-refractivity contribution in [2.45, 2.75) is 26.3 Å². The standard InChI is InChI=1S/C12H19N3O4/c1-4-5-9(11(17)18)14-12(19)15(6-8(2)3)7-10(13)16/h1,8-9H,5-7H2,2-3H3,(H2,13,16)(H,14,19)(H,17,18). The number of urea groups is 1. The number of nitrogens with one attached hydrogen (secondary N) is 1. The van der Waals surface area contributed by atoms with Gasteiger partial charge in [0, 0.05) is 13.0 Å². The molecule has 7 nitrogen and oxygen atoms in total. The van der Waals surface area contributed by atoms with E-state index < -0.39 is 23.9 Å². The molecule has 0 radical (unpaired) electrons. The molecule has 106 valence electrons. The third-order valence-corrected chi connectivity index (χ3v) is 2.14. The zero-order valence-electron chi connectivity index (χ0n) is 11.0. The molecule has 1 atom stereocenters. The Balaban J connectivity index is 4.74. The Kier molecular flexibility index (Phi) is 7.04. The lowest BCUT2D eigenvalue weighted by molar-refractivity contribution is -0.139. The predicted octanol–water partition coefficient (Wildman–Crippen LogP) is -0.384. The van der Waals surface area contributed by atoms with Crippen LogP contribution < -0.4 is 11.1 Å². The quantitative estimate of drug-likeness (QED) is 0.546. The summed E-state index contributed by atoms with van der Waals surface area (Å²) in [5.41, 5.74) is 5.05. The highest BCUT2D eigenvalue weighted by Crippen LogP contribution is 2.01. The monoisotopic (exact) mass is 269 g/mol. The predicted molar refractivity (Wildman–Crippen MR) is 69.0 cm³/mol. The fourth-order valence-corrected chi connectivity index (χ4v) is 1.41. The number of carbonyl (C=O) groups is 3. The molecular weight excluding hydrogens is 250 g/mol. The molecule has 19 heavy (non-hydrogen) atoms. The minimum atomic E-state index is -1.23. The Labute approximate surface area is 112 Å². The van der Waals surface area contributed by atoms with Crippen molar-refractivity contribution in [3.63, 3.8) is 0 Å². The first kappa shape index (κ1) is 16.8. The van der Waals surface area contributed by atoms with Crippen LogP contribution >= 0.6 is 0 Å². The van der Waals surface area contributed by atoms with Crippen molar-refractivity contribution >= 4 is 17.9 Å². The zero-order chi connectivity index (χ0) is 15.0. The fraction of sp³-hybridized carbons (Fsp3) is 0.583. The summed E-state index contributed by atoms with van der Waals surface area (Å²) in [6, 6.07) is -1.85. The third kappa shape index (κ3) is 6.93. The second kappa shape index (κ2) is 7.97. The molecule has 0 bridgehead atoms. The van der Waals surface area contributed by atoms with Gasteiger partial charge < -0.3 is 21.1 Å². The Hall–Kier alpha value is -2.23. The maximum Gasteiger partial charge on any atom is 0.327 e. The molecule has 3 amide bonds. The maximum absolute atomic E-state index is 11.9. The second-order valence-corrected chi connectivity index (χ2v) is 4.49. The van der Waals surface area contributed by atoms with Gasteiger partial charge in [0.25, 0.3) is 0 Å². The highest BCUT2D eigenvalue weighted by Gasteiger charge is 2.23. The van der Waals surface area contributed by atoms with Crippen LogP contribution in [0.15, 0.2) is 0 Å². The number of amides is 3. The minimum absolute atomic E-state index is 0.112. The molecular formula is C12H19N3O4. The van der Waals surface area contributed by atoms with E-state index in [1.165, 1.54) is 4.90 Å². The Morgan fingerprint density at radius 3 is 2.37 bits per heavy atom. The van der Waals surface area contributed by atoms with Gasteiger partial charge in [-0.2, -0.15) is 0 Å². The highest BCUT2D eigenvalue weighted by molar-refractivity contribution is 5.86.